The van der Waals surface area contributed by atoms with Crippen LogP contribution in [0.4, 0.5) is 5.69 Å². The minimum absolute atomic E-state index is 0.0653. The molecule has 0 radical (unpaired) electrons. The predicted molar refractivity (Wildman–Crippen MR) is 159 cm³/mol. The molecule has 3 aromatic rings. The summed E-state index contributed by atoms with van der Waals surface area (Å²) in [5.41, 5.74) is 2.00. The van der Waals surface area contributed by atoms with E-state index in [1.807, 2.05) is 13.8 Å². The van der Waals surface area contributed by atoms with Gasteiger partial charge in [-0.2, -0.15) is 0 Å². The molecule has 1 N–H and O–H groups in total. The number of carbonyl (C=O) groups excluding carboxylic acids is 2. The molecule has 0 heterocycles. The molecule has 0 fully saturated rings. The zero-order chi connectivity index (χ0) is 28.6. The summed E-state index contributed by atoms with van der Waals surface area (Å²) in [6.07, 6.45) is 1.73. The van der Waals surface area contributed by atoms with E-state index in [0.717, 1.165) is 28.3 Å². The highest BCUT2D eigenvalue weighted by atomic mass is 79.9. The fourth-order valence-corrected chi connectivity index (χ4v) is 5.82. The molecule has 7 nitrogen and oxygen atoms in total. The Morgan fingerprint density at radius 3 is 2.31 bits per heavy atom. The van der Waals surface area contributed by atoms with Crippen LogP contribution in [0.25, 0.3) is 0 Å². The molecular formula is C29H33BrClN3O4S. The van der Waals surface area contributed by atoms with Crippen molar-refractivity contribution in [3.8, 4) is 0 Å². The number of hydrogen-bond donors (Lipinski definition) is 1. The lowest BCUT2D eigenvalue weighted by molar-refractivity contribution is -0.139. The normalized spacial score (nSPS) is 12.0. The van der Waals surface area contributed by atoms with E-state index in [0.29, 0.717) is 21.7 Å². The van der Waals surface area contributed by atoms with Gasteiger partial charge in [0.25, 0.3) is 10.0 Å². The Morgan fingerprint density at radius 2 is 1.69 bits per heavy atom. The summed E-state index contributed by atoms with van der Waals surface area (Å²) < 4.78 is 29.4. The number of hydrogen-bond acceptors (Lipinski definition) is 4. The first-order chi connectivity index (χ1) is 18.5. The maximum absolute atomic E-state index is 13.9. The van der Waals surface area contributed by atoms with Crippen molar-refractivity contribution in [2.45, 2.75) is 51.1 Å². The number of anilines is 1. The van der Waals surface area contributed by atoms with Crippen LogP contribution in [0, 0.1) is 6.92 Å². The Kier molecular flexibility index (Phi) is 11.0. The molecule has 39 heavy (non-hydrogen) atoms. The van der Waals surface area contributed by atoms with E-state index in [-0.39, 0.29) is 17.3 Å². The van der Waals surface area contributed by atoms with Gasteiger partial charge in [0, 0.05) is 22.6 Å². The largest absolute Gasteiger partial charge is 0.354 e. The highest BCUT2D eigenvalue weighted by Gasteiger charge is 2.32. The second-order valence-corrected chi connectivity index (χ2v) is 12.5. The first kappa shape index (κ1) is 30.7. The Labute approximate surface area is 244 Å². The van der Waals surface area contributed by atoms with Gasteiger partial charge in [-0.25, -0.2) is 8.42 Å². The van der Waals surface area contributed by atoms with Gasteiger partial charge < -0.3 is 10.2 Å². The van der Waals surface area contributed by atoms with Crippen LogP contribution in [0.3, 0.4) is 0 Å². The Bertz CT molecular complexity index is 1380. The van der Waals surface area contributed by atoms with Gasteiger partial charge in [-0.3, -0.25) is 13.9 Å². The number of sulfonamides is 1. The third kappa shape index (κ3) is 8.30. The monoisotopic (exact) mass is 633 g/mol. The molecule has 0 aliphatic heterocycles. The Morgan fingerprint density at radius 1 is 1.03 bits per heavy atom. The van der Waals surface area contributed by atoms with Crippen LogP contribution < -0.4 is 9.62 Å². The van der Waals surface area contributed by atoms with Gasteiger partial charge in [-0.05, 0) is 68.3 Å². The second kappa shape index (κ2) is 14.0. The number of carbonyl (C=O) groups is 2. The lowest BCUT2D eigenvalue weighted by atomic mass is 10.1. The highest BCUT2D eigenvalue weighted by Crippen LogP contribution is 2.27. The van der Waals surface area contributed by atoms with Gasteiger partial charge in [-0.1, -0.05) is 76.8 Å². The highest BCUT2D eigenvalue weighted by molar-refractivity contribution is 9.10. The number of rotatable bonds is 12. The number of nitrogens with one attached hydrogen (secondary N) is 1. The third-order valence-electron chi connectivity index (χ3n) is 6.25. The molecule has 10 heteroatoms. The van der Waals surface area contributed by atoms with Crippen LogP contribution in [0.1, 0.15) is 37.8 Å². The molecule has 2 amide bonds. The maximum Gasteiger partial charge on any atom is 0.264 e. The molecule has 208 valence electrons. The van der Waals surface area contributed by atoms with Crippen LogP contribution in [-0.2, 0) is 26.2 Å². The maximum atomic E-state index is 13.9. The standard InChI is InChI=1S/C29H33BrClN3O4S/c1-4-5-17-32-29(36)22(3)33(19-23-11-13-25(31)14-12-23)28(35)20-34(26-8-6-7-24(30)18-26)39(37,38)27-15-9-21(2)10-16-27/h6-16,18,22H,4-5,17,19-20H2,1-3H3,(H,32,36)/t22-/m0/s1. The number of benzene rings is 3. The van der Waals surface area contributed by atoms with Crippen molar-refractivity contribution < 1.29 is 18.0 Å². The number of amides is 2. The van der Waals surface area contributed by atoms with Gasteiger partial charge in [0.1, 0.15) is 12.6 Å². The third-order valence-corrected chi connectivity index (χ3v) is 8.78. The van der Waals surface area contributed by atoms with E-state index in [1.165, 1.54) is 17.0 Å². The van der Waals surface area contributed by atoms with Crippen LogP contribution >= 0.6 is 27.5 Å². The SMILES string of the molecule is CCCCNC(=O)[C@H](C)N(Cc1ccc(Cl)cc1)C(=O)CN(c1cccc(Br)c1)S(=O)(=O)c1ccc(C)cc1. The topological polar surface area (TPSA) is 86.8 Å². The summed E-state index contributed by atoms with van der Waals surface area (Å²) in [5.74, 6) is -0.820. The van der Waals surface area contributed by atoms with Crippen molar-refractivity contribution in [2.24, 2.45) is 0 Å². The molecule has 0 unspecified atom stereocenters. The van der Waals surface area contributed by atoms with Crippen LogP contribution in [0.5, 0.6) is 0 Å². The molecule has 0 spiro atoms. The van der Waals surface area contributed by atoms with Crippen molar-refractivity contribution in [3.63, 3.8) is 0 Å². The number of halogens is 2. The molecule has 0 aromatic heterocycles. The summed E-state index contributed by atoms with van der Waals surface area (Å²) >= 11 is 9.44. The lowest BCUT2D eigenvalue weighted by Crippen LogP contribution is -2.51. The molecule has 3 rings (SSSR count). The predicted octanol–water partition coefficient (Wildman–Crippen LogP) is 5.94. The van der Waals surface area contributed by atoms with E-state index >= 15 is 0 Å². The number of nitrogens with zero attached hydrogens (tertiary/aromatic N) is 2. The van der Waals surface area contributed by atoms with Crippen molar-refractivity contribution in [1.29, 1.82) is 0 Å². The van der Waals surface area contributed by atoms with Gasteiger partial charge in [-0.15, -0.1) is 0 Å². The smallest absolute Gasteiger partial charge is 0.264 e. The number of unbranched alkanes of at least 4 members (excludes halogenated alkanes) is 1. The number of aryl methyl sites for hydroxylation is 1. The first-order valence-electron chi connectivity index (χ1n) is 12.7. The fraction of sp³-hybridized carbons (Fsp3) is 0.310. The molecule has 0 saturated carbocycles. The molecular weight excluding hydrogens is 602 g/mol. The van der Waals surface area contributed by atoms with Gasteiger partial charge >= 0.3 is 0 Å². The average molecular weight is 635 g/mol. The van der Waals surface area contributed by atoms with E-state index in [4.69, 9.17) is 11.6 Å². The molecule has 3 aromatic carbocycles. The van der Waals surface area contributed by atoms with E-state index in [2.05, 4.69) is 21.2 Å². The minimum Gasteiger partial charge on any atom is -0.354 e. The van der Waals surface area contributed by atoms with Gasteiger partial charge in [0.2, 0.25) is 11.8 Å². The lowest BCUT2D eigenvalue weighted by Gasteiger charge is -2.32. The van der Waals surface area contributed by atoms with E-state index < -0.39 is 28.5 Å². The second-order valence-electron chi connectivity index (χ2n) is 9.27. The summed E-state index contributed by atoms with van der Waals surface area (Å²) in [4.78, 5) is 28.4. The first-order valence-corrected chi connectivity index (χ1v) is 15.3. The van der Waals surface area contributed by atoms with Crippen molar-refractivity contribution in [3.05, 3.63) is 93.4 Å². The average Bonchev–Trinajstić information content (AvgIpc) is 2.91. The Hall–Kier alpha value is -2.88. The van der Waals surface area contributed by atoms with Gasteiger partial charge in [0.15, 0.2) is 0 Å². The van der Waals surface area contributed by atoms with E-state index in [9.17, 15) is 18.0 Å². The zero-order valence-corrected chi connectivity index (χ0v) is 25.4. The zero-order valence-electron chi connectivity index (χ0n) is 22.2. The van der Waals surface area contributed by atoms with Crippen LogP contribution in [0.15, 0.2) is 82.2 Å². The van der Waals surface area contributed by atoms with Crippen LogP contribution in [0.2, 0.25) is 5.02 Å². The summed E-state index contributed by atoms with van der Waals surface area (Å²) in [7, 11) is -4.11. The van der Waals surface area contributed by atoms with Crippen molar-refractivity contribution in [1.82, 2.24) is 10.2 Å². The fourth-order valence-electron chi connectivity index (χ4n) is 3.90. The summed E-state index contributed by atoms with van der Waals surface area (Å²) in [6, 6.07) is 19.4. The minimum atomic E-state index is -4.11. The quantitative estimate of drug-likeness (QED) is 0.250. The summed E-state index contributed by atoms with van der Waals surface area (Å²) in [6.45, 7) is 5.65. The summed E-state index contributed by atoms with van der Waals surface area (Å²) in [5, 5.41) is 3.42. The van der Waals surface area contributed by atoms with Crippen molar-refractivity contribution >= 4 is 55.1 Å². The van der Waals surface area contributed by atoms with Crippen molar-refractivity contribution in [2.75, 3.05) is 17.4 Å². The Balaban J connectivity index is 1.99. The molecule has 0 aliphatic carbocycles. The van der Waals surface area contributed by atoms with Crippen LogP contribution in [-0.4, -0.2) is 44.3 Å². The molecule has 0 bridgehead atoms. The van der Waals surface area contributed by atoms with E-state index in [1.54, 1.807) is 67.6 Å². The molecule has 0 saturated heterocycles. The van der Waals surface area contributed by atoms with Gasteiger partial charge in [0.05, 0.1) is 10.6 Å². The molecule has 0 aliphatic rings. The molecule has 1 atom stereocenters.